The number of nitrogens with zero attached hydrogens (tertiary/aromatic N) is 2. The SMILES string of the molecule is CCn1nccc1[C@@H]1OCC[C@H]1CNCc1ccc([C@@H]2C[C@H]2C)o1. The van der Waals surface area contributed by atoms with Gasteiger partial charge in [-0.2, -0.15) is 5.10 Å². The van der Waals surface area contributed by atoms with Crippen molar-refractivity contribution in [1.82, 2.24) is 15.1 Å². The Morgan fingerprint density at radius 1 is 1.33 bits per heavy atom. The highest BCUT2D eigenvalue weighted by Gasteiger charge is 2.36. The highest BCUT2D eigenvalue weighted by molar-refractivity contribution is 5.17. The lowest BCUT2D eigenvalue weighted by molar-refractivity contribution is 0.0828. The van der Waals surface area contributed by atoms with Gasteiger partial charge in [0.15, 0.2) is 0 Å². The van der Waals surface area contributed by atoms with Gasteiger partial charge < -0.3 is 14.5 Å². The van der Waals surface area contributed by atoms with Crippen LogP contribution in [0.5, 0.6) is 0 Å². The molecule has 2 aromatic heterocycles. The summed E-state index contributed by atoms with van der Waals surface area (Å²) < 4.78 is 14.0. The minimum Gasteiger partial charge on any atom is -0.464 e. The highest BCUT2D eigenvalue weighted by Crippen LogP contribution is 2.47. The molecule has 0 spiro atoms. The molecule has 0 bridgehead atoms. The second-order valence-electron chi connectivity index (χ2n) is 7.17. The van der Waals surface area contributed by atoms with Crippen molar-refractivity contribution in [3.63, 3.8) is 0 Å². The highest BCUT2D eigenvalue weighted by atomic mass is 16.5. The van der Waals surface area contributed by atoms with Crippen LogP contribution < -0.4 is 5.32 Å². The molecule has 1 saturated carbocycles. The molecule has 1 saturated heterocycles. The summed E-state index contributed by atoms with van der Waals surface area (Å²) in [6.07, 6.45) is 4.38. The first-order chi connectivity index (χ1) is 11.8. The average Bonchev–Trinajstić information content (AvgIpc) is 3.04. The van der Waals surface area contributed by atoms with E-state index in [2.05, 4.69) is 42.5 Å². The van der Waals surface area contributed by atoms with Gasteiger partial charge in [0.05, 0.1) is 12.2 Å². The van der Waals surface area contributed by atoms with Gasteiger partial charge in [-0.15, -0.1) is 0 Å². The number of aryl methyl sites for hydroxylation is 1. The summed E-state index contributed by atoms with van der Waals surface area (Å²) in [5.74, 6) is 4.13. The molecule has 24 heavy (non-hydrogen) atoms. The lowest BCUT2D eigenvalue weighted by Crippen LogP contribution is -2.25. The second kappa shape index (κ2) is 6.73. The van der Waals surface area contributed by atoms with E-state index in [-0.39, 0.29) is 6.10 Å². The molecule has 3 heterocycles. The summed E-state index contributed by atoms with van der Waals surface area (Å²) >= 11 is 0. The predicted molar refractivity (Wildman–Crippen MR) is 91.6 cm³/mol. The molecule has 1 N–H and O–H groups in total. The maximum atomic E-state index is 5.99. The molecule has 0 unspecified atom stereocenters. The van der Waals surface area contributed by atoms with E-state index in [1.54, 1.807) is 0 Å². The van der Waals surface area contributed by atoms with Gasteiger partial charge in [-0.05, 0) is 43.9 Å². The average molecular weight is 329 g/mol. The third kappa shape index (κ3) is 3.15. The number of nitrogens with one attached hydrogen (secondary N) is 1. The Morgan fingerprint density at radius 2 is 2.21 bits per heavy atom. The first-order valence-electron chi connectivity index (χ1n) is 9.19. The van der Waals surface area contributed by atoms with E-state index < -0.39 is 0 Å². The normalized spacial score (nSPS) is 29.2. The summed E-state index contributed by atoms with van der Waals surface area (Å²) in [4.78, 5) is 0. The molecule has 1 aliphatic heterocycles. The molecule has 2 aromatic rings. The van der Waals surface area contributed by atoms with Crippen molar-refractivity contribution >= 4 is 0 Å². The Morgan fingerprint density at radius 3 is 3.00 bits per heavy atom. The molecule has 130 valence electrons. The Kier molecular flexibility index (Phi) is 4.46. The van der Waals surface area contributed by atoms with E-state index >= 15 is 0 Å². The third-order valence-corrected chi connectivity index (χ3v) is 5.42. The van der Waals surface area contributed by atoms with Gasteiger partial charge >= 0.3 is 0 Å². The van der Waals surface area contributed by atoms with E-state index in [1.807, 2.05) is 10.9 Å². The fourth-order valence-corrected chi connectivity index (χ4v) is 3.81. The fraction of sp³-hybridized carbons (Fsp3) is 0.632. The molecular formula is C19H27N3O2. The van der Waals surface area contributed by atoms with E-state index in [9.17, 15) is 0 Å². The van der Waals surface area contributed by atoms with Crippen LogP contribution in [0.3, 0.4) is 0 Å². The summed E-state index contributed by atoms with van der Waals surface area (Å²) in [5, 5.41) is 7.93. The first-order valence-corrected chi connectivity index (χ1v) is 9.19. The van der Waals surface area contributed by atoms with E-state index in [1.165, 1.54) is 12.1 Å². The summed E-state index contributed by atoms with van der Waals surface area (Å²) in [6, 6.07) is 6.34. The number of aromatic nitrogens is 2. The molecular weight excluding hydrogens is 302 g/mol. The van der Waals surface area contributed by atoms with Crippen molar-refractivity contribution in [2.24, 2.45) is 11.8 Å². The lowest BCUT2D eigenvalue weighted by Gasteiger charge is -2.19. The van der Waals surface area contributed by atoms with Crippen molar-refractivity contribution in [3.05, 3.63) is 41.6 Å². The fourth-order valence-electron chi connectivity index (χ4n) is 3.81. The van der Waals surface area contributed by atoms with Gasteiger partial charge in [-0.1, -0.05) is 6.92 Å². The van der Waals surface area contributed by atoms with Crippen molar-refractivity contribution in [3.8, 4) is 0 Å². The monoisotopic (exact) mass is 329 g/mol. The van der Waals surface area contributed by atoms with Crippen LogP contribution in [-0.2, 0) is 17.8 Å². The third-order valence-electron chi connectivity index (χ3n) is 5.42. The Balaban J connectivity index is 1.31. The maximum Gasteiger partial charge on any atom is 0.117 e. The van der Waals surface area contributed by atoms with Crippen molar-refractivity contribution in [2.75, 3.05) is 13.2 Å². The Hall–Kier alpha value is -1.59. The summed E-state index contributed by atoms with van der Waals surface area (Å²) in [5.41, 5.74) is 1.20. The molecule has 5 heteroatoms. The van der Waals surface area contributed by atoms with Gasteiger partial charge in [-0.3, -0.25) is 4.68 Å². The smallest absolute Gasteiger partial charge is 0.117 e. The number of hydrogen-bond donors (Lipinski definition) is 1. The van der Waals surface area contributed by atoms with Crippen LogP contribution in [0.15, 0.2) is 28.8 Å². The quantitative estimate of drug-likeness (QED) is 0.845. The van der Waals surface area contributed by atoms with Crippen LogP contribution in [0.1, 0.15) is 55.9 Å². The molecule has 2 aliphatic rings. The topological polar surface area (TPSA) is 52.2 Å². The molecule has 1 aliphatic carbocycles. The van der Waals surface area contributed by atoms with Crippen molar-refractivity contribution < 1.29 is 9.15 Å². The van der Waals surface area contributed by atoms with Gasteiger partial charge in [0.2, 0.25) is 0 Å². The van der Waals surface area contributed by atoms with Crippen LogP contribution >= 0.6 is 0 Å². The van der Waals surface area contributed by atoms with Crippen LogP contribution in [0, 0.1) is 11.8 Å². The van der Waals surface area contributed by atoms with Gasteiger partial charge in [0.25, 0.3) is 0 Å². The molecule has 4 rings (SSSR count). The lowest BCUT2D eigenvalue weighted by atomic mass is 9.99. The maximum absolute atomic E-state index is 5.99. The number of hydrogen-bond acceptors (Lipinski definition) is 4. The van der Waals surface area contributed by atoms with Crippen LogP contribution in [0.25, 0.3) is 0 Å². The molecule has 0 aromatic carbocycles. The zero-order valence-electron chi connectivity index (χ0n) is 14.6. The standard InChI is InChI=1S/C19H27N3O2/c1-3-22-17(6-8-21-22)19-14(7-9-23-19)11-20-12-15-4-5-18(24-15)16-10-13(16)2/h4-6,8,13-14,16,19-20H,3,7,9-12H2,1-2H3/t13-,14+,16-,19-/m1/s1. The minimum atomic E-state index is 0.152. The van der Waals surface area contributed by atoms with E-state index in [4.69, 9.17) is 9.15 Å². The zero-order chi connectivity index (χ0) is 16.5. The Labute approximate surface area is 143 Å². The molecule has 0 amide bonds. The van der Waals surface area contributed by atoms with Gasteiger partial charge in [0.1, 0.15) is 17.6 Å². The number of ether oxygens (including phenoxy) is 1. The van der Waals surface area contributed by atoms with Crippen LogP contribution in [-0.4, -0.2) is 22.9 Å². The van der Waals surface area contributed by atoms with Gasteiger partial charge in [0, 0.05) is 37.7 Å². The molecule has 4 atom stereocenters. The number of furan rings is 1. The van der Waals surface area contributed by atoms with Crippen LogP contribution in [0.4, 0.5) is 0 Å². The molecule has 5 nitrogen and oxygen atoms in total. The first kappa shape index (κ1) is 15.9. The molecule has 2 fully saturated rings. The van der Waals surface area contributed by atoms with Gasteiger partial charge in [-0.25, -0.2) is 0 Å². The second-order valence-corrected chi connectivity index (χ2v) is 7.17. The summed E-state index contributed by atoms with van der Waals surface area (Å²) in [6.45, 7) is 7.85. The van der Waals surface area contributed by atoms with Crippen molar-refractivity contribution in [1.29, 1.82) is 0 Å². The van der Waals surface area contributed by atoms with Crippen molar-refractivity contribution in [2.45, 2.75) is 51.8 Å². The van der Waals surface area contributed by atoms with Crippen LogP contribution in [0.2, 0.25) is 0 Å². The largest absolute Gasteiger partial charge is 0.464 e. The predicted octanol–water partition coefficient (Wildman–Crippen LogP) is 3.49. The zero-order valence-corrected chi connectivity index (χ0v) is 14.6. The minimum absolute atomic E-state index is 0.152. The summed E-state index contributed by atoms with van der Waals surface area (Å²) in [7, 11) is 0. The van der Waals surface area contributed by atoms with E-state index in [0.29, 0.717) is 11.8 Å². The number of rotatable bonds is 7. The Bertz CT molecular complexity index is 678. The van der Waals surface area contributed by atoms with E-state index in [0.717, 1.165) is 50.1 Å². The molecule has 0 radical (unpaired) electrons.